The topological polar surface area (TPSA) is 115 Å². The number of piperazine rings is 1. The number of quaternary nitrogens is 1. The van der Waals surface area contributed by atoms with Crippen LogP contribution >= 0.6 is 0 Å². The first kappa shape index (κ1) is 22.7. The van der Waals surface area contributed by atoms with E-state index in [0.717, 1.165) is 43.5 Å². The van der Waals surface area contributed by atoms with Crippen molar-refractivity contribution in [2.24, 2.45) is 11.7 Å². The molecule has 8 atom stereocenters. The van der Waals surface area contributed by atoms with Crippen molar-refractivity contribution < 1.29 is 19.3 Å². The average molecular weight is 478 g/mol. The Morgan fingerprint density at radius 3 is 2.80 bits per heavy atom. The predicted octanol–water partition coefficient (Wildman–Crippen LogP) is -0.916. The van der Waals surface area contributed by atoms with Crippen LogP contribution in [0, 0.1) is 17.2 Å². The highest BCUT2D eigenvalue weighted by Gasteiger charge is 2.59. The fraction of sp³-hybridized carbons (Fsp3) is 0.615. The molecular formula is C26H33N6O3+. The van der Waals surface area contributed by atoms with E-state index < -0.39 is 6.04 Å². The fourth-order valence-electron chi connectivity index (χ4n) is 7.20. The predicted molar refractivity (Wildman–Crippen MR) is 126 cm³/mol. The zero-order valence-electron chi connectivity index (χ0n) is 20.3. The van der Waals surface area contributed by atoms with E-state index in [0.29, 0.717) is 18.0 Å². The number of nitrogens with two attached hydrogens (primary N) is 1. The normalized spacial score (nSPS) is 35.5. The van der Waals surface area contributed by atoms with Gasteiger partial charge in [0.1, 0.15) is 24.2 Å². The summed E-state index contributed by atoms with van der Waals surface area (Å²) < 4.78 is 0. The third-order valence-electron chi connectivity index (χ3n) is 8.94. The number of rotatable bonds is 5. The lowest BCUT2D eigenvalue weighted by atomic mass is 10.0. The minimum Gasteiger partial charge on any atom is -0.345 e. The fourth-order valence-corrected chi connectivity index (χ4v) is 7.20. The Hall–Kier alpha value is -2.80. The first-order valence-corrected chi connectivity index (χ1v) is 12.7. The molecule has 3 aliphatic heterocycles. The van der Waals surface area contributed by atoms with Crippen molar-refractivity contribution in [1.29, 1.82) is 5.26 Å². The third-order valence-corrected chi connectivity index (χ3v) is 8.94. The van der Waals surface area contributed by atoms with Gasteiger partial charge in [-0.3, -0.25) is 19.4 Å². The van der Waals surface area contributed by atoms with Gasteiger partial charge in [0.2, 0.25) is 5.91 Å². The largest absolute Gasteiger partial charge is 0.345 e. The molecule has 6 rings (SSSR count). The number of carbonyl (C=O) groups excluding carboxylic acids is 3. The Balaban J connectivity index is 1.12. The van der Waals surface area contributed by atoms with E-state index in [1.807, 2.05) is 18.2 Å². The minimum atomic E-state index is -0.708. The highest BCUT2D eigenvalue weighted by Crippen LogP contribution is 2.47. The zero-order chi connectivity index (χ0) is 24.6. The standard InChI is InChI=1S/C26H32N6O3/c1-29(2)24(33)15-3-5-19-14(7-15)4-6-21(19)32-18-10-23(26(32)35)30(12-18)13-20(28)25(34)31-17(11-27)8-16-9-22(16)31/h3,5,7,16-18,20-23H,4,6,8-10,12-13,28H2,1-2H3/p+1/t16-,17?,18+,20?,21?,22?,23?/m1/s1. The number of aryl methyl sites for hydroxylation is 1. The van der Waals surface area contributed by atoms with Crippen LogP contribution in [0.4, 0.5) is 0 Å². The molecule has 1 saturated carbocycles. The number of benzene rings is 1. The monoisotopic (exact) mass is 477 g/mol. The lowest BCUT2D eigenvalue weighted by molar-refractivity contribution is -0.873. The first-order valence-electron chi connectivity index (χ1n) is 12.7. The van der Waals surface area contributed by atoms with E-state index >= 15 is 0 Å². The van der Waals surface area contributed by atoms with Crippen LogP contribution in [0.2, 0.25) is 0 Å². The van der Waals surface area contributed by atoms with Crippen LogP contribution in [0.3, 0.4) is 0 Å². The van der Waals surface area contributed by atoms with Crippen molar-refractivity contribution >= 4 is 17.7 Å². The molecule has 6 unspecified atom stereocenters. The van der Waals surface area contributed by atoms with E-state index in [-0.39, 0.29) is 47.9 Å². The number of hydrogen-bond donors (Lipinski definition) is 2. The van der Waals surface area contributed by atoms with Crippen LogP contribution in [0.5, 0.6) is 0 Å². The summed E-state index contributed by atoms with van der Waals surface area (Å²) in [6.07, 6.45) is 4.33. The van der Waals surface area contributed by atoms with Gasteiger partial charge in [-0.1, -0.05) is 6.07 Å². The van der Waals surface area contributed by atoms with Crippen molar-refractivity contribution in [1.82, 2.24) is 14.7 Å². The van der Waals surface area contributed by atoms with Crippen molar-refractivity contribution in [3.63, 3.8) is 0 Å². The number of hydrogen-bond acceptors (Lipinski definition) is 6. The summed E-state index contributed by atoms with van der Waals surface area (Å²) in [5.74, 6) is 0.511. The molecule has 3 N–H and O–H groups in total. The van der Waals surface area contributed by atoms with Crippen LogP contribution in [0.15, 0.2) is 18.2 Å². The number of fused-ring (bicyclic) bond motifs is 4. The van der Waals surface area contributed by atoms with Gasteiger partial charge in [-0.05, 0) is 42.9 Å². The van der Waals surface area contributed by atoms with Crippen LogP contribution in [0.1, 0.15) is 53.2 Å². The number of amides is 3. The Morgan fingerprint density at radius 1 is 1.29 bits per heavy atom. The van der Waals surface area contributed by atoms with Gasteiger partial charge in [0.05, 0.1) is 18.7 Å². The summed E-state index contributed by atoms with van der Waals surface area (Å²) in [6.45, 7) is 1.12. The van der Waals surface area contributed by atoms with Crippen LogP contribution in [0.25, 0.3) is 0 Å². The average Bonchev–Trinajstić information content (AvgIpc) is 3.18. The Labute approximate surface area is 205 Å². The van der Waals surface area contributed by atoms with Crippen LogP contribution < -0.4 is 10.6 Å². The second kappa shape index (κ2) is 8.12. The summed E-state index contributed by atoms with van der Waals surface area (Å²) in [6, 6.07) is 7.40. The van der Waals surface area contributed by atoms with E-state index in [9.17, 15) is 19.6 Å². The van der Waals surface area contributed by atoms with Gasteiger partial charge in [0.15, 0.2) is 0 Å². The van der Waals surface area contributed by atoms with E-state index in [4.69, 9.17) is 5.73 Å². The third kappa shape index (κ3) is 3.50. The molecule has 9 heteroatoms. The van der Waals surface area contributed by atoms with Gasteiger partial charge in [-0.2, -0.15) is 5.26 Å². The highest BCUT2D eigenvalue weighted by molar-refractivity contribution is 5.94. The molecular weight excluding hydrogens is 444 g/mol. The lowest BCUT2D eigenvalue weighted by Crippen LogP contribution is -3.18. The Kier molecular flexibility index (Phi) is 5.25. The smallest absolute Gasteiger partial charge is 0.330 e. The van der Waals surface area contributed by atoms with Gasteiger partial charge in [0, 0.05) is 50.7 Å². The molecule has 184 valence electrons. The maximum absolute atomic E-state index is 13.5. The maximum Gasteiger partial charge on any atom is 0.330 e. The molecule has 35 heavy (non-hydrogen) atoms. The van der Waals surface area contributed by atoms with Gasteiger partial charge >= 0.3 is 5.91 Å². The van der Waals surface area contributed by atoms with Crippen LogP contribution in [-0.2, 0) is 16.0 Å². The lowest BCUT2D eigenvalue weighted by Gasteiger charge is -2.35. The molecule has 1 aromatic rings. The molecule has 9 nitrogen and oxygen atoms in total. The quantitative estimate of drug-likeness (QED) is 0.567. The summed E-state index contributed by atoms with van der Waals surface area (Å²) in [7, 11) is 3.51. The molecule has 2 bridgehead atoms. The van der Waals surface area contributed by atoms with Gasteiger partial charge < -0.3 is 15.5 Å². The number of carbonyl (C=O) groups is 3. The highest BCUT2D eigenvalue weighted by atomic mass is 16.2. The van der Waals surface area contributed by atoms with Gasteiger partial charge in [-0.15, -0.1) is 0 Å². The molecule has 3 saturated heterocycles. The summed E-state index contributed by atoms with van der Waals surface area (Å²) in [5, 5.41) is 9.42. The second-order valence-electron chi connectivity index (χ2n) is 11.2. The van der Waals surface area contributed by atoms with Crippen LogP contribution in [-0.4, -0.2) is 89.8 Å². The van der Waals surface area contributed by atoms with Crippen molar-refractivity contribution in [3.05, 3.63) is 34.9 Å². The number of nitrogens with one attached hydrogen (secondary N) is 1. The number of likely N-dealkylation sites (tertiary alicyclic amines) is 3. The summed E-state index contributed by atoms with van der Waals surface area (Å²) >= 11 is 0. The van der Waals surface area contributed by atoms with E-state index in [2.05, 4.69) is 11.0 Å². The minimum absolute atomic E-state index is 0.00587. The van der Waals surface area contributed by atoms with Gasteiger partial charge in [-0.25, -0.2) is 4.79 Å². The molecule has 3 heterocycles. The SMILES string of the molecule is CN(C)C(=O)c1ccc2c(c1)CCC2[NH+]1C(=O)C2C[C@H]1CN2CC(N)C(=O)N1C(C#N)C[C@@H]2CC21. The number of nitriles is 1. The molecule has 5 aliphatic rings. The molecule has 1 aromatic carbocycles. The first-order chi connectivity index (χ1) is 16.8. The molecule has 4 fully saturated rings. The second-order valence-corrected chi connectivity index (χ2v) is 11.2. The molecule has 0 spiro atoms. The molecule has 0 radical (unpaired) electrons. The van der Waals surface area contributed by atoms with E-state index in [1.54, 1.807) is 23.9 Å². The zero-order valence-corrected chi connectivity index (χ0v) is 20.3. The Morgan fingerprint density at radius 2 is 2.09 bits per heavy atom. The molecule has 0 aromatic heterocycles. The number of piperidine rings is 1. The van der Waals surface area contributed by atoms with E-state index in [1.165, 1.54) is 11.1 Å². The van der Waals surface area contributed by atoms with Crippen molar-refractivity contribution in [2.75, 3.05) is 27.2 Å². The summed E-state index contributed by atoms with van der Waals surface area (Å²) in [4.78, 5) is 45.3. The number of nitrogens with zero attached hydrogens (tertiary/aromatic N) is 4. The molecule has 3 amide bonds. The summed E-state index contributed by atoms with van der Waals surface area (Å²) in [5.41, 5.74) is 9.39. The molecule has 2 aliphatic carbocycles. The Bertz CT molecular complexity index is 1140. The maximum atomic E-state index is 13.5. The van der Waals surface area contributed by atoms with Crippen molar-refractivity contribution in [2.45, 2.75) is 68.4 Å². The van der Waals surface area contributed by atoms with Gasteiger partial charge in [0.25, 0.3) is 5.91 Å². The van der Waals surface area contributed by atoms with Crippen molar-refractivity contribution in [3.8, 4) is 6.07 Å².